The maximum Gasteiger partial charge on any atom is 0.231 e. The van der Waals surface area contributed by atoms with Crippen molar-refractivity contribution in [2.75, 3.05) is 37.6 Å². The predicted molar refractivity (Wildman–Crippen MR) is 121 cm³/mol. The first-order valence-corrected chi connectivity index (χ1v) is 11.3. The van der Waals surface area contributed by atoms with Crippen molar-refractivity contribution >= 4 is 23.3 Å². The predicted octanol–water partition coefficient (Wildman–Crippen LogP) is 3.15. The number of rotatable bonds is 6. The van der Waals surface area contributed by atoms with Crippen molar-refractivity contribution in [1.29, 1.82) is 0 Å². The Balaban J connectivity index is 1.46. The summed E-state index contributed by atoms with van der Waals surface area (Å²) in [5, 5.41) is 4.10. The number of hydrogen-bond acceptors (Lipinski definition) is 6. The molecule has 1 saturated heterocycles. The fourth-order valence-corrected chi connectivity index (χ4v) is 4.37. The monoisotopic (exact) mass is 443 g/mol. The molecular formula is C23H30ClN5O2. The largest absolute Gasteiger partial charge is 0.367 e. The van der Waals surface area contributed by atoms with Crippen LogP contribution in [0.2, 0.25) is 5.02 Å². The van der Waals surface area contributed by atoms with Gasteiger partial charge in [-0.25, -0.2) is 9.97 Å². The Labute approximate surface area is 188 Å². The van der Waals surface area contributed by atoms with Crippen molar-refractivity contribution < 1.29 is 9.53 Å². The highest BCUT2D eigenvalue weighted by atomic mass is 35.5. The van der Waals surface area contributed by atoms with E-state index in [-0.39, 0.29) is 17.9 Å². The third-order valence-electron chi connectivity index (χ3n) is 6.01. The molecule has 0 saturated carbocycles. The summed E-state index contributed by atoms with van der Waals surface area (Å²) >= 11 is 6.06. The van der Waals surface area contributed by atoms with E-state index in [1.165, 1.54) is 0 Å². The molecule has 7 nitrogen and oxygen atoms in total. The molecule has 0 bridgehead atoms. The molecule has 0 unspecified atom stereocenters. The van der Waals surface area contributed by atoms with E-state index in [1.807, 2.05) is 36.1 Å². The molecule has 31 heavy (non-hydrogen) atoms. The third-order valence-corrected chi connectivity index (χ3v) is 6.27. The maximum atomic E-state index is 13.5. The highest BCUT2D eigenvalue weighted by molar-refractivity contribution is 6.30. The van der Waals surface area contributed by atoms with Gasteiger partial charge in [-0.05, 0) is 24.6 Å². The van der Waals surface area contributed by atoms with Crippen LogP contribution in [0.1, 0.15) is 49.6 Å². The van der Waals surface area contributed by atoms with Gasteiger partial charge < -0.3 is 19.9 Å². The van der Waals surface area contributed by atoms with Gasteiger partial charge in [0.15, 0.2) is 0 Å². The minimum Gasteiger partial charge on any atom is -0.367 e. The highest BCUT2D eigenvalue weighted by Gasteiger charge is 2.32. The molecule has 1 fully saturated rings. The number of fused-ring (bicyclic) bond motifs is 1. The number of nitrogens with zero attached hydrogens (tertiary/aromatic N) is 4. The Bertz CT molecular complexity index is 913. The van der Waals surface area contributed by atoms with Gasteiger partial charge >= 0.3 is 0 Å². The molecule has 1 aromatic carbocycles. The van der Waals surface area contributed by atoms with Crippen molar-refractivity contribution in [3.63, 3.8) is 0 Å². The van der Waals surface area contributed by atoms with E-state index in [0.717, 1.165) is 35.7 Å². The molecule has 0 spiro atoms. The lowest BCUT2D eigenvalue weighted by Crippen LogP contribution is -2.51. The lowest BCUT2D eigenvalue weighted by Gasteiger charge is -2.38. The molecule has 0 aliphatic carbocycles. The number of carbonyl (C=O) groups is 1. The number of hydrogen-bond donors (Lipinski definition) is 1. The minimum atomic E-state index is -0.233. The van der Waals surface area contributed by atoms with Crippen LogP contribution in [0.15, 0.2) is 30.6 Å². The van der Waals surface area contributed by atoms with E-state index in [9.17, 15) is 4.79 Å². The number of anilines is 1. The van der Waals surface area contributed by atoms with Crippen molar-refractivity contribution in [2.24, 2.45) is 0 Å². The van der Waals surface area contributed by atoms with Crippen molar-refractivity contribution in [3.05, 3.63) is 52.4 Å². The average Bonchev–Trinajstić information content (AvgIpc) is 3.16. The summed E-state index contributed by atoms with van der Waals surface area (Å²) in [6.45, 7) is 10.2. The Morgan fingerprint density at radius 1 is 1.19 bits per heavy atom. The van der Waals surface area contributed by atoms with Crippen molar-refractivity contribution in [1.82, 2.24) is 20.2 Å². The number of aromatic nitrogens is 2. The molecule has 4 rings (SSSR count). The molecule has 166 valence electrons. The second kappa shape index (κ2) is 9.51. The molecule has 3 heterocycles. The van der Waals surface area contributed by atoms with Crippen LogP contribution in [-0.2, 0) is 16.1 Å². The van der Waals surface area contributed by atoms with Gasteiger partial charge in [0.25, 0.3) is 0 Å². The Kier molecular flexibility index (Phi) is 6.74. The summed E-state index contributed by atoms with van der Waals surface area (Å²) in [7, 11) is 0. The third kappa shape index (κ3) is 4.84. The zero-order valence-corrected chi connectivity index (χ0v) is 19.1. The van der Waals surface area contributed by atoms with E-state index < -0.39 is 0 Å². The zero-order valence-electron chi connectivity index (χ0n) is 18.3. The van der Waals surface area contributed by atoms with Crippen molar-refractivity contribution in [3.8, 4) is 0 Å². The number of nitrogens with one attached hydrogen (secondary N) is 1. The molecule has 1 aromatic heterocycles. The number of halogens is 1. The van der Waals surface area contributed by atoms with E-state index in [4.69, 9.17) is 16.3 Å². The molecular weight excluding hydrogens is 414 g/mol. The highest BCUT2D eigenvalue weighted by Crippen LogP contribution is 2.35. The van der Waals surface area contributed by atoms with Crippen LogP contribution in [-0.4, -0.2) is 59.5 Å². The number of ether oxygens (including phenoxy) is 1. The van der Waals surface area contributed by atoms with Gasteiger partial charge in [0, 0.05) is 49.4 Å². The van der Waals surface area contributed by atoms with Gasteiger partial charge in [-0.15, -0.1) is 0 Å². The van der Waals surface area contributed by atoms with Gasteiger partial charge in [-0.1, -0.05) is 37.6 Å². The molecule has 2 aliphatic rings. The SMILES string of the molecule is CC(C)NC[C@H](C(=O)N1CCN(c2ncnc3c2[C@H](C)OC3)CC1)c1ccc(Cl)cc1. The molecule has 2 aromatic rings. The fraction of sp³-hybridized carbons (Fsp3) is 0.522. The zero-order chi connectivity index (χ0) is 22.0. The molecule has 1 N–H and O–H groups in total. The van der Waals surface area contributed by atoms with Gasteiger partial charge in [0.05, 0.1) is 24.3 Å². The first-order valence-electron chi connectivity index (χ1n) is 10.9. The lowest BCUT2D eigenvalue weighted by atomic mass is 9.96. The smallest absolute Gasteiger partial charge is 0.231 e. The Hall–Kier alpha value is -2.22. The Morgan fingerprint density at radius 3 is 2.58 bits per heavy atom. The number of carbonyl (C=O) groups excluding carboxylic acids is 1. The number of amides is 1. The van der Waals surface area contributed by atoms with Crippen LogP contribution in [0.4, 0.5) is 5.82 Å². The number of benzene rings is 1. The summed E-state index contributed by atoms with van der Waals surface area (Å²) in [4.78, 5) is 26.6. The minimum absolute atomic E-state index is 0.00209. The average molecular weight is 444 g/mol. The summed E-state index contributed by atoms with van der Waals surface area (Å²) in [6.07, 6.45) is 1.61. The second-order valence-corrected chi connectivity index (χ2v) is 8.93. The van der Waals surface area contributed by atoms with Gasteiger partial charge in [0.2, 0.25) is 5.91 Å². The first-order chi connectivity index (χ1) is 14.9. The normalized spacial score (nSPS) is 19.6. The van der Waals surface area contributed by atoms with Crippen LogP contribution >= 0.6 is 11.6 Å². The van der Waals surface area contributed by atoms with Gasteiger partial charge in [-0.2, -0.15) is 0 Å². The molecule has 2 atom stereocenters. The van der Waals surface area contributed by atoms with Crippen molar-refractivity contribution in [2.45, 2.75) is 45.4 Å². The summed E-state index contributed by atoms with van der Waals surface area (Å²) in [6, 6.07) is 7.92. The maximum absolute atomic E-state index is 13.5. The van der Waals surface area contributed by atoms with Gasteiger partial charge in [-0.3, -0.25) is 4.79 Å². The van der Waals surface area contributed by atoms with E-state index >= 15 is 0 Å². The quantitative estimate of drug-likeness (QED) is 0.739. The summed E-state index contributed by atoms with van der Waals surface area (Å²) < 4.78 is 5.74. The molecule has 8 heteroatoms. The van der Waals surface area contributed by atoms with E-state index in [0.29, 0.717) is 37.3 Å². The summed E-state index contributed by atoms with van der Waals surface area (Å²) in [5.74, 6) is 0.862. The number of piperazine rings is 1. The molecule has 1 amide bonds. The standard InChI is InChI=1S/C23H30ClN5O2/c1-15(2)25-12-19(17-4-6-18(24)7-5-17)23(30)29-10-8-28(9-11-29)22-21-16(3)31-13-20(21)26-14-27-22/h4-7,14-16,19,25H,8-13H2,1-3H3/t16-,19-/m0/s1. The van der Waals surface area contributed by atoms with Crippen LogP contribution in [0.3, 0.4) is 0 Å². The van der Waals surface area contributed by atoms with Gasteiger partial charge in [0.1, 0.15) is 12.1 Å². The fourth-order valence-electron chi connectivity index (χ4n) is 4.25. The van der Waals surface area contributed by atoms with Crippen LogP contribution in [0.25, 0.3) is 0 Å². The van der Waals surface area contributed by atoms with E-state index in [1.54, 1.807) is 6.33 Å². The second-order valence-electron chi connectivity index (χ2n) is 8.49. The molecule has 2 aliphatic heterocycles. The van der Waals surface area contributed by atoms with E-state index in [2.05, 4.69) is 34.0 Å². The topological polar surface area (TPSA) is 70.6 Å². The molecule has 0 radical (unpaired) electrons. The first kappa shape index (κ1) is 22.0. The summed E-state index contributed by atoms with van der Waals surface area (Å²) in [5.41, 5.74) is 3.05. The van der Waals surface area contributed by atoms with Crippen LogP contribution < -0.4 is 10.2 Å². The van der Waals surface area contributed by atoms with Crippen LogP contribution in [0.5, 0.6) is 0 Å². The Morgan fingerprint density at radius 2 is 1.90 bits per heavy atom. The van der Waals surface area contributed by atoms with Crippen LogP contribution in [0, 0.1) is 0 Å². The lowest BCUT2D eigenvalue weighted by molar-refractivity contribution is -0.133.